The summed E-state index contributed by atoms with van der Waals surface area (Å²) in [4.78, 5) is 99.0. The number of esters is 2. The fraction of sp³-hybridized carbons (Fsp3) is 0.380. The zero-order valence-electron chi connectivity index (χ0n) is 55.4. The van der Waals surface area contributed by atoms with Gasteiger partial charge in [-0.1, -0.05) is 125 Å². The Morgan fingerprint density at radius 3 is 1.92 bits per heavy atom. The number of hydrogen-bond donors (Lipinski definition) is 2. The maximum Gasteiger partial charge on any atom is 0.413 e. The first kappa shape index (κ1) is 70.2. The number of likely N-dealkylation sites (tertiary alicyclic amines) is 1. The van der Waals surface area contributed by atoms with Gasteiger partial charge in [0.1, 0.15) is 76.1 Å². The Kier molecular flexibility index (Phi) is 21.5. The molecule has 7 aromatic rings. The number of anilines is 1. The molecule has 5 heterocycles. The molecule has 10 rings (SSSR count). The van der Waals surface area contributed by atoms with Crippen LogP contribution in [0.15, 0.2) is 143 Å². The van der Waals surface area contributed by atoms with Gasteiger partial charge in [0.2, 0.25) is 5.60 Å². The number of carbonyl (C=O) groups is 5. The number of methoxy groups -OCH3 is 2. The second-order valence-corrected chi connectivity index (χ2v) is 29.1. The first-order valence-corrected chi connectivity index (χ1v) is 34.0. The molecule has 1 unspecified atom stereocenters. The molecule has 2 atom stereocenters. The van der Waals surface area contributed by atoms with Gasteiger partial charge in [-0.05, 0) is 109 Å². The highest BCUT2D eigenvalue weighted by atomic mass is 35.5. The molecular formula is C71H78Cl2N7O14S2+. The number of nitrogens with one attached hydrogen (secondary N) is 2. The molecule has 25 heteroatoms. The number of pyridine rings is 1. The number of aromatic nitrogens is 2. The Morgan fingerprint density at radius 2 is 1.35 bits per heavy atom. The van der Waals surface area contributed by atoms with Crippen LogP contribution >= 0.6 is 46.3 Å². The topological polar surface area (TPSA) is 234 Å². The number of quaternary nitrogens is 1. The number of rotatable bonds is 24. The molecule has 21 nitrogen and oxygen atoms in total. The molecule has 0 saturated carbocycles. The Hall–Kier alpha value is -8.61. The normalized spacial score (nSPS) is 16.3. The second-order valence-electron chi connectivity index (χ2n) is 26.0. The lowest BCUT2D eigenvalue weighted by Gasteiger charge is -2.50. The Bertz CT molecular complexity index is 4120. The molecule has 0 aliphatic carbocycles. The molecule has 2 saturated heterocycles. The number of halogens is 2. The summed E-state index contributed by atoms with van der Waals surface area (Å²) in [5, 5.41) is 8.90. The van der Waals surface area contributed by atoms with Crippen LogP contribution in [0.25, 0.3) is 10.9 Å². The maximum absolute atomic E-state index is 15.6. The molecule has 96 heavy (non-hydrogen) atoms. The van der Waals surface area contributed by atoms with E-state index in [2.05, 4.69) is 20.8 Å². The molecule has 3 aliphatic rings. The summed E-state index contributed by atoms with van der Waals surface area (Å²) in [6.07, 6.45) is 1.73. The van der Waals surface area contributed by atoms with Crippen LogP contribution in [0, 0.1) is 0 Å². The predicted octanol–water partition coefficient (Wildman–Crippen LogP) is 12.9. The van der Waals surface area contributed by atoms with Crippen molar-refractivity contribution in [1.29, 1.82) is 0 Å². The van der Waals surface area contributed by atoms with E-state index in [0.29, 0.717) is 69.1 Å². The molecule has 0 spiro atoms. The third-order valence-corrected chi connectivity index (χ3v) is 19.0. The zero-order valence-corrected chi connectivity index (χ0v) is 58.5. The van der Waals surface area contributed by atoms with Gasteiger partial charge in [-0.15, -0.1) is 11.8 Å². The number of hydrogen-bond acceptors (Lipinski definition) is 18. The molecule has 2 N–H and O–H groups in total. The predicted molar refractivity (Wildman–Crippen MR) is 369 cm³/mol. The van der Waals surface area contributed by atoms with Crippen LogP contribution in [-0.4, -0.2) is 122 Å². The van der Waals surface area contributed by atoms with Gasteiger partial charge in [-0.2, -0.15) is 0 Å². The molecule has 5 aromatic carbocycles. The highest BCUT2D eigenvalue weighted by molar-refractivity contribution is 8.00. The van der Waals surface area contributed by atoms with Gasteiger partial charge in [0, 0.05) is 43.0 Å². The highest BCUT2D eigenvalue weighted by Crippen LogP contribution is 2.45. The SMILES string of the molecule is CCn1cc(C[N+]2(CC3=C(C(=O)OC(c4ccccc4)c4ccccc4)N4C(=O)[C@@H](NC(=O)/C(=N\OC(C)(C)C(=O)OC(C)(C)C)c5nc(NC(=O)OC(C)(C)C)sc5Cl)C4SC3)CCCC2)c(=O)c2c(Cl)c(OCc3ccc(OC)cc3)c(OCc3ccc(OC)cc3)cc21. The maximum atomic E-state index is 15.6. The van der Waals surface area contributed by atoms with E-state index in [1.165, 1.54) is 30.5 Å². The van der Waals surface area contributed by atoms with Crippen LogP contribution in [0.2, 0.25) is 9.36 Å². The van der Waals surface area contributed by atoms with E-state index in [0.717, 1.165) is 35.3 Å². The first-order chi connectivity index (χ1) is 45.7. The molecule has 0 radical (unpaired) electrons. The minimum absolute atomic E-state index is 0.0144. The lowest BCUT2D eigenvalue weighted by atomic mass is 10.00. The van der Waals surface area contributed by atoms with Crippen molar-refractivity contribution in [2.75, 3.05) is 44.9 Å². The monoisotopic (exact) mass is 1390 g/mol. The van der Waals surface area contributed by atoms with Crippen molar-refractivity contribution in [3.05, 3.63) is 186 Å². The average Bonchev–Trinajstić information content (AvgIpc) is 0.756. The van der Waals surface area contributed by atoms with Crippen LogP contribution in [0.4, 0.5) is 9.93 Å². The summed E-state index contributed by atoms with van der Waals surface area (Å²) in [6.45, 7) is 17.3. The third-order valence-electron chi connectivity index (χ3n) is 16.1. The number of oxime groups is 1. The van der Waals surface area contributed by atoms with Gasteiger partial charge in [-0.3, -0.25) is 24.6 Å². The van der Waals surface area contributed by atoms with E-state index in [-0.39, 0.29) is 74.5 Å². The molecule has 506 valence electrons. The van der Waals surface area contributed by atoms with Crippen molar-refractivity contribution in [2.45, 2.75) is 136 Å². The van der Waals surface area contributed by atoms with Gasteiger partial charge in [0.25, 0.3) is 11.8 Å². The number of thioether (sulfide) groups is 1. The Morgan fingerprint density at radius 1 is 0.771 bits per heavy atom. The van der Waals surface area contributed by atoms with Crippen LogP contribution in [0.5, 0.6) is 23.0 Å². The Labute approximate surface area is 575 Å². The second kappa shape index (κ2) is 29.4. The summed E-state index contributed by atoms with van der Waals surface area (Å²) in [7, 11) is 3.20. The number of amides is 3. The van der Waals surface area contributed by atoms with Crippen molar-refractivity contribution in [3.8, 4) is 23.0 Å². The van der Waals surface area contributed by atoms with E-state index in [4.69, 9.17) is 61.2 Å². The lowest BCUT2D eigenvalue weighted by molar-refractivity contribution is -0.925. The zero-order chi connectivity index (χ0) is 68.9. The molecule has 3 aliphatic heterocycles. The molecular weight excluding hydrogens is 1310 g/mol. The number of β-lactam (4-membered cyclic amide) rings is 1. The van der Waals surface area contributed by atoms with Crippen molar-refractivity contribution in [3.63, 3.8) is 0 Å². The molecule has 3 amide bonds. The van der Waals surface area contributed by atoms with Gasteiger partial charge in [-0.25, -0.2) is 19.4 Å². The van der Waals surface area contributed by atoms with Crippen molar-refractivity contribution < 1.29 is 66.5 Å². The number of aryl methyl sites for hydroxylation is 1. The van der Waals surface area contributed by atoms with E-state index >= 15 is 14.4 Å². The average molecular weight is 1390 g/mol. The van der Waals surface area contributed by atoms with Gasteiger partial charge in [0.05, 0.1) is 48.8 Å². The van der Waals surface area contributed by atoms with Crippen LogP contribution in [0.3, 0.4) is 0 Å². The highest BCUT2D eigenvalue weighted by Gasteiger charge is 2.56. The van der Waals surface area contributed by atoms with E-state index < -0.39 is 69.9 Å². The summed E-state index contributed by atoms with van der Waals surface area (Å²) < 4.78 is 43.7. The van der Waals surface area contributed by atoms with Gasteiger partial charge in [0.15, 0.2) is 33.9 Å². The molecule has 2 fully saturated rings. The van der Waals surface area contributed by atoms with Crippen LogP contribution < -0.4 is 35.0 Å². The van der Waals surface area contributed by atoms with Crippen LogP contribution in [-0.2, 0) is 64.5 Å². The number of nitrogens with zero attached hydrogens (tertiary/aromatic N) is 5. The van der Waals surface area contributed by atoms with Crippen LogP contribution in [0.1, 0.15) is 115 Å². The minimum Gasteiger partial charge on any atom is -0.497 e. The number of ether oxygens (including phenoxy) is 7. The van der Waals surface area contributed by atoms with Crippen molar-refractivity contribution >= 4 is 97.9 Å². The fourth-order valence-electron chi connectivity index (χ4n) is 11.5. The lowest BCUT2D eigenvalue weighted by Crippen LogP contribution is -2.71. The number of fused-ring (bicyclic) bond motifs is 2. The van der Waals surface area contributed by atoms with Gasteiger partial charge >= 0.3 is 18.0 Å². The third kappa shape index (κ3) is 16.3. The van der Waals surface area contributed by atoms with E-state index in [1.807, 2.05) is 127 Å². The summed E-state index contributed by atoms with van der Waals surface area (Å²) in [5.41, 5.74) is 0.0501. The fourth-order valence-corrected chi connectivity index (χ4v) is 14.2. The first-order valence-electron chi connectivity index (χ1n) is 31.4. The minimum atomic E-state index is -1.77. The number of thiazole rings is 1. The number of carbonyl (C=O) groups excluding carboxylic acids is 5. The van der Waals surface area contributed by atoms with E-state index in [9.17, 15) is 14.4 Å². The standard InChI is InChI=1S/C71H77Cl2N7O14S2/c1-12-78-36-46(58(81)52-50(78)35-51(89-39-42-25-29-48(87-10)30-26-42)60(53(52)72)90-40-43-27-31-49(88-11)32-28-43)37-80(33-19-20-34-80)38-47-41-95-64-56(63(83)79(64)57(47)65(84)91-59(44-21-15-13-16-22-44)45-23-17-14-18-24-45)74-62(82)55(77-94-71(8,9)66(85)92-69(2,3)4)54-61(73)96-67(75-54)76-68(86)93-70(5,6)7/h13-18,21-32,35-36,56,59,64H,12,19-20,33-34,37-41H2,1-11H3,(H-,74,75,76,82,86)/p+1/b77-55-/t56-,64?/m1/s1. The quantitative estimate of drug-likeness (QED) is 0.0143. The molecule has 0 bridgehead atoms. The van der Waals surface area contributed by atoms with Crippen molar-refractivity contribution in [1.82, 2.24) is 19.8 Å². The summed E-state index contributed by atoms with van der Waals surface area (Å²) >= 11 is 16.4. The number of benzene rings is 5. The summed E-state index contributed by atoms with van der Waals surface area (Å²) in [5.74, 6) is -1.09. The van der Waals surface area contributed by atoms with Crippen molar-refractivity contribution in [2.24, 2.45) is 5.16 Å². The smallest absolute Gasteiger partial charge is 0.413 e. The Balaban J connectivity index is 1.01. The molecule has 2 aromatic heterocycles. The van der Waals surface area contributed by atoms with Gasteiger partial charge < -0.3 is 52.4 Å². The van der Waals surface area contributed by atoms with E-state index in [1.54, 1.807) is 61.8 Å². The summed E-state index contributed by atoms with van der Waals surface area (Å²) in [6, 6.07) is 34.0. The largest absolute Gasteiger partial charge is 0.497 e.